The highest BCUT2D eigenvalue weighted by molar-refractivity contribution is 6.32. The molecule has 0 saturated heterocycles. The highest BCUT2D eigenvalue weighted by Gasteiger charge is 2.51. The molecule has 0 amide bonds. The highest BCUT2D eigenvalue weighted by Crippen LogP contribution is 2.51. The third-order valence-electron chi connectivity index (χ3n) is 6.32. The van der Waals surface area contributed by atoms with Crippen molar-refractivity contribution in [3.63, 3.8) is 0 Å². The van der Waals surface area contributed by atoms with Crippen molar-refractivity contribution in [2.75, 3.05) is 21.3 Å². The maximum absolute atomic E-state index is 13.6. The lowest BCUT2D eigenvalue weighted by Crippen LogP contribution is -2.47. The molecule has 0 aliphatic heterocycles. The summed E-state index contributed by atoms with van der Waals surface area (Å²) in [7, 11) is 4.73. The lowest BCUT2D eigenvalue weighted by Gasteiger charge is -2.45. The molecule has 0 radical (unpaired) electrons. The Kier molecular flexibility index (Phi) is 3.55. The lowest BCUT2D eigenvalue weighted by atomic mass is 9.62. The molecule has 0 spiro atoms. The van der Waals surface area contributed by atoms with Crippen molar-refractivity contribution in [1.29, 1.82) is 0 Å². The van der Waals surface area contributed by atoms with Crippen molar-refractivity contribution in [3.8, 4) is 11.5 Å². The molecule has 0 saturated carbocycles. The van der Waals surface area contributed by atoms with E-state index in [0.717, 1.165) is 18.2 Å². The van der Waals surface area contributed by atoms with Gasteiger partial charge in [0.25, 0.3) is 0 Å². The van der Waals surface area contributed by atoms with E-state index in [2.05, 4.69) is 0 Å². The average Bonchev–Trinajstić information content (AvgIpc) is 2.75. The van der Waals surface area contributed by atoms with E-state index in [-0.39, 0.29) is 17.5 Å². The third-order valence-corrected chi connectivity index (χ3v) is 6.32. The van der Waals surface area contributed by atoms with Gasteiger partial charge in [0.05, 0.1) is 14.2 Å². The minimum absolute atomic E-state index is 0.0352. The normalized spacial score (nSPS) is 25.2. The van der Waals surface area contributed by atoms with Gasteiger partial charge in [0.15, 0.2) is 23.1 Å². The molecule has 2 atom stereocenters. The van der Waals surface area contributed by atoms with Crippen molar-refractivity contribution in [1.82, 2.24) is 0 Å². The Hall–Kier alpha value is -2.92. The molecule has 6 rings (SSSR count). The summed E-state index contributed by atoms with van der Waals surface area (Å²) in [6, 6.07) is 7.21. The van der Waals surface area contributed by atoms with Crippen LogP contribution in [0, 0.1) is 5.92 Å². The van der Waals surface area contributed by atoms with Gasteiger partial charge in [0.1, 0.15) is 5.60 Å². The number of hydrogen-bond donors (Lipinski definition) is 0. The molecule has 4 aliphatic carbocycles. The largest absolute Gasteiger partial charge is 0.493 e. The summed E-state index contributed by atoms with van der Waals surface area (Å²) in [5, 5.41) is 1.54. The summed E-state index contributed by atoms with van der Waals surface area (Å²) in [6.07, 6.45) is 5.48. The van der Waals surface area contributed by atoms with E-state index in [1.54, 1.807) is 33.5 Å². The molecule has 4 aliphatic rings. The van der Waals surface area contributed by atoms with E-state index in [0.29, 0.717) is 39.2 Å². The number of ketones is 2. The number of carbonyl (C=O) groups is 2. The Labute approximate surface area is 162 Å². The molecular weight excluding hydrogens is 356 g/mol. The Morgan fingerprint density at radius 1 is 1.00 bits per heavy atom. The second-order valence-electron chi connectivity index (χ2n) is 7.46. The van der Waals surface area contributed by atoms with Gasteiger partial charge < -0.3 is 14.2 Å². The molecule has 5 heteroatoms. The van der Waals surface area contributed by atoms with Crippen molar-refractivity contribution < 1.29 is 23.8 Å². The molecule has 0 unspecified atom stereocenters. The molecule has 0 aromatic heterocycles. The zero-order valence-electron chi connectivity index (χ0n) is 16.0. The number of benzene rings is 2. The first-order chi connectivity index (χ1) is 13.5. The zero-order valence-corrected chi connectivity index (χ0v) is 16.0. The van der Waals surface area contributed by atoms with Crippen LogP contribution in [0.25, 0.3) is 10.8 Å². The minimum Gasteiger partial charge on any atom is -0.493 e. The van der Waals surface area contributed by atoms with E-state index in [1.165, 1.54) is 0 Å². The van der Waals surface area contributed by atoms with Crippen molar-refractivity contribution in [2.45, 2.75) is 18.4 Å². The summed E-state index contributed by atoms with van der Waals surface area (Å²) >= 11 is 0. The highest BCUT2D eigenvalue weighted by atomic mass is 16.5. The van der Waals surface area contributed by atoms with Crippen LogP contribution in [-0.2, 0) is 4.74 Å². The lowest BCUT2D eigenvalue weighted by molar-refractivity contribution is 0.0343. The minimum atomic E-state index is -0.791. The monoisotopic (exact) mass is 376 g/mol. The number of ether oxygens (including phenoxy) is 3. The molecular formula is C23H20O5. The first kappa shape index (κ1) is 17.2. The van der Waals surface area contributed by atoms with Crippen LogP contribution in [0.3, 0.4) is 0 Å². The van der Waals surface area contributed by atoms with Crippen LogP contribution in [-0.4, -0.2) is 38.5 Å². The van der Waals surface area contributed by atoms with Crippen LogP contribution in [0.5, 0.6) is 11.5 Å². The summed E-state index contributed by atoms with van der Waals surface area (Å²) in [4.78, 5) is 27.1. The first-order valence-electron chi connectivity index (χ1n) is 9.32. The van der Waals surface area contributed by atoms with Gasteiger partial charge in [0, 0.05) is 35.3 Å². The van der Waals surface area contributed by atoms with Gasteiger partial charge in [0.2, 0.25) is 0 Å². The van der Waals surface area contributed by atoms with E-state index in [9.17, 15) is 9.59 Å². The number of hydrogen-bond acceptors (Lipinski definition) is 5. The van der Waals surface area contributed by atoms with Crippen molar-refractivity contribution in [2.24, 2.45) is 5.92 Å². The van der Waals surface area contributed by atoms with E-state index < -0.39 is 5.60 Å². The number of Topliss-reactive ketones (excluding diaryl/α,β-unsaturated/α-hetero) is 2. The van der Waals surface area contributed by atoms with Gasteiger partial charge in [-0.2, -0.15) is 0 Å². The van der Waals surface area contributed by atoms with E-state index >= 15 is 0 Å². The maximum Gasteiger partial charge on any atom is 0.193 e. The van der Waals surface area contributed by atoms with Gasteiger partial charge in [-0.3, -0.25) is 9.59 Å². The second-order valence-corrected chi connectivity index (χ2v) is 7.46. The standard InChI is InChI=1S/C23H20O5/c1-26-16-10-13-4-5-14-19(15(13)11-17(16)27-2)22(25)18-12-6-8-23(28-3,9-7-12)20(18)21(14)24/h4-6,8,10-12H,7,9H2,1-3H3/t12-,23-/m0/s1. The predicted molar refractivity (Wildman–Crippen MR) is 104 cm³/mol. The Morgan fingerprint density at radius 2 is 1.75 bits per heavy atom. The van der Waals surface area contributed by atoms with Gasteiger partial charge in [-0.1, -0.05) is 18.2 Å². The zero-order chi connectivity index (χ0) is 19.6. The molecule has 142 valence electrons. The van der Waals surface area contributed by atoms with E-state index in [1.807, 2.05) is 24.3 Å². The number of carbonyl (C=O) groups excluding carboxylic acids is 2. The second kappa shape index (κ2) is 5.79. The average molecular weight is 376 g/mol. The molecule has 28 heavy (non-hydrogen) atoms. The molecule has 2 aromatic carbocycles. The smallest absolute Gasteiger partial charge is 0.193 e. The molecule has 5 nitrogen and oxygen atoms in total. The van der Waals surface area contributed by atoms with Crippen LogP contribution in [0.2, 0.25) is 0 Å². The maximum atomic E-state index is 13.6. The molecule has 2 aromatic rings. The Bertz CT molecular complexity index is 1120. The summed E-state index contributed by atoms with van der Waals surface area (Å²) in [5.74, 6) is 0.881. The number of allylic oxidation sites excluding steroid dienone is 2. The summed E-state index contributed by atoms with van der Waals surface area (Å²) in [5.41, 5.74) is 1.21. The van der Waals surface area contributed by atoms with Crippen molar-refractivity contribution >= 4 is 22.3 Å². The van der Waals surface area contributed by atoms with Gasteiger partial charge in [-0.25, -0.2) is 0 Å². The quantitative estimate of drug-likeness (QED) is 0.761. The summed E-state index contributed by atoms with van der Waals surface area (Å²) in [6.45, 7) is 0. The molecule has 0 N–H and O–H groups in total. The van der Waals surface area contributed by atoms with Crippen LogP contribution in [0.1, 0.15) is 33.6 Å². The Morgan fingerprint density at radius 3 is 2.39 bits per heavy atom. The number of fused-ring (bicyclic) bond motifs is 4. The SMILES string of the molecule is COc1cc2ccc3c(c2cc1OC)C(=O)C1=C(C3=O)[C@]2(OC)C=C[C@H]1CC2. The van der Waals surface area contributed by atoms with E-state index in [4.69, 9.17) is 14.2 Å². The molecule has 0 heterocycles. The number of methoxy groups -OCH3 is 3. The van der Waals surface area contributed by atoms with Gasteiger partial charge >= 0.3 is 0 Å². The van der Waals surface area contributed by atoms with Crippen LogP contribution in [0.15, 0.2) is 47.6 Å². The van der Waals surface area contributed by atoms with Gasteiger partial charge in [-0.05, 0) is 41.8 Å². The van der Waals surface area contributed by atoms with Crippen LogP contribution in [0.4, 0.5) is 0 Å². The fraction of sp³-hybridized carbons (Fsp3) is 0.304. The van der Waals surface area contributed by atoms with Crippen LogP contribution >= 0.6 is 0 Å². The summed E-state index contributed by atoms with van der Waals surface area (Å²) < 4.78 is 16.6. The fourth-order valence-electron chi connectivity index (χ4n) is 4.91. The van der Waals surface area contributed by atoms with Crippen molar-refractivity contribution in [3.05, 3.63) is 58.7 Å². The topological polar surface area (TPSA) is 61.8 Å². The first-order valence-corrected chi connectivity index (χ1v) is 9.32. The van der Waals surface area contributed by atoms with Gasteiger partial charge in [-0.15, -0.1) is 0 Å². The Balaban J connectivity index is 1.80. The molecule has 0 fully saturated rings. The predicted octanol–water partition coefficient (Wildman–Crippen LogP) is 3.90. The third kappa shape index (κ3) is 2.00. The molecule has 2 bridgehead atoms. The fourth-order valence-corrected chi connectivity index (χ4v) is 4.91. The van der Waals surface area contributed by atoms with Crippen LogP contribution < -0.4 is 9.47 Å². The number of rotatable bonds is 3.